The Morgan fingerprint density at radius 1 is 1.35 bits per heavy atom. The minimum Gasteiger partial charge on any atom is -0.496 e. The van der Waals surface area contributed by atoms with Crippen LogP contribution in [0.25, 0.3) is 0 Å². The van der Waals surface area contributed by atoms with Crippen molar-refractivity contribution in [1.29, 1.82) is 0 Å². The van der Waals surface area contributed by atoms with Crippen LogP contribution in [0.4, 0.5) is 0 Å². The molecule has 0 spiro atoms. The first-order valence-electron chi connectivity index (χ1n) is 5.86. The molecule has 0 heterocycles. The summed E-state index contributed by atoms with van der Waals surface area (Å²) >= 11 is 0. The van der Waals surface area contributed by atoms with E-state index in [-0.39, 0.29) is 11.8 Å². The van der Waals surface area contributed by atoms with Crippen molar-refractivity contribution in [3.8, 4) is 5.75 Å². The quantitative estimate of drug-likeness (QED) is 0.853. The van der Waals surface area contributed by atoms with E-state index < -0.39 is 0 Å². The lowest BCUT2D eigenvalue weighted by molar-refractivity contribution is -0.117. The molecular formula is C14H21NO2. The Morgan fingerprint density at radius 2 is 2.00 bits per heavy atom. The third-order valence-electron chi connectivity index (χ3n) is 3.21. The van der Waals surface area contributed by atoms with Gasteiger partial charge >= 0.3 is 0 Å². The van der Waals surface area contributed by atoms with Crippen LogP contribution in [-0.4, -0.2) is 12.9 Å². The molecule has 0 amide bonds. The largest absolute Gasteiger partial charge is 0.496 e. The fraction of sp³-hybridized carbons (Fsp3) is 0.500. The smallest absolute Gasteiger partial charge is 0.129 e. The van der Waals surface area contributed by atoms with Gasteiger partial charge in [0.2, 0.25) is 0 Å². The minimum atomic E-state index is -0.0801. The Morgan fingerprint density at radius 3 is 2.53 bits per heavy atom. The monoisotopic (exact) mass is 235 g/mol. The molecular weight excluding hydrogens is 214 g/mol. The van der Waals surface area contributed by atoms with Crippen LogP contribution in [-0.2, 0) is 4.79 Å². The maximum Gasteiger partial charge on any atom is 0.129 e. The first-order chi connectivity index (χ1) is 7.97. The SMILES string of the molecule is COc1ccc(C(N)CCC(C)=O)c(C)c1C. The topological polar surface area (TPSA) is 52.3 Å². The summed E-state index contributed by atoms with van der Waals surface area (Å²) in [4.78, 5) is 11.0. The molecule has 1 aromatic rings. The molecule has 0 aliphatic heterocycles. The number of hydrogen-bond acceptors (Lipinski definition) is 3. The van der Waals surface area contributed by atoms with Crippen LogP contribution in [0, 0.1) is 13.8 Å². The van der Waals surface area contributed by atoms with E-state index in [0.29, 0.717) is 12.8 Å². The Labute approximate surface area is 103 Å². The zero-order chi connectivity index (χ0) is 13.0. The normalized spacial score (nSPS) is 12.3. The Bertz CT molecular complexity index is 413. The van der Waals surface area contributed by atoms with Gasteiger partial charge < -0.3 is 15.3 Å². The average molecular weight is 235 g/mol. The van der Waals surface area contributed by atoms with Gasteiger partial charge in [-0.25, -0.2) is 0 Å². The van der Waals surface area contributed by atoms with Gasteiger partial charge in [0.15, 0.2) is 0 Å². The maximum absolute atomic E-state index is 11.0. The fourth-order valence-corrected chi connectivity index (χ4v) is 1.95. The molecule has 0 saturated carbocycles. The molecule has 0 radical (unpaired) electrons. The van der Waals surface area contributed by atoms with Crippen LogP contribution in [0.1, 0.15) is 42.5 Å². The number of rotatable bonds is 5. The Kier molecular flexibility index (Phi) is 4.70. The number of carbonyl (C=O) groups is 1. The second-order valence-electron chi connectivity index (χ2n) is 4.45. The Hall–Kier alpha value is -1.35. The molecule has 0 saturated heterocycles. The number of ether oxygens (including phenoxy) is 1. The Balaban J connectivity index is 2.91. The van der Waals surface area contributed by atoms with Gasteiger partial charge in [-0.05, 0) is 49.9 Å². The van der Waals surface area contributed by atoms with E-state index in [2.05, 4.69) is 0 Å². The van der Waals surface area contributed by atoms with Crippen molar-refractivity contribution in [1.82, 2.24) is 0 Å². The third kappa shape index (κ3) is 3.30. The van der Waals surface area contributed by atoms with Crippen LogP contribution >= 0.6 is 0 Å². The van der Waals surface area contributed by atoms with Gasteiger partial charge in [-0.3, -0.25) is 0 Å². The lowest BCUT2D eigenvalue weighted by atomic mass is 9.94. The number of benzene rings is 1. The van der Waals surface area contributed by atoms with Crippen molar-refractivity contribution >= 4 is 5.78 Å². The number of ketones is 1. The molecule has 94 valence electrons. The van der Waals surface area contributed by atoms with Gasteiger partial charge in [0.1, 0.15) is 11.5 Å². The molecule has 3 heteroatoms. The van der Waals surface area contributed by atoms with Gasteiger partial charge in [0, 0.05) is 12.5 Å². The van der Waals surface area contributed by atoms with Crippen LogP contribution in [0.5, 0.6) is 5.75 Å². The molecule has 0 aliphatic rings. The van der Waals surface area contributed by atoms with Crippen molar-refractivity contribution in [2.24, 2.45) is 5.73 Å². The predicted molar refractivity (Wildman–Crippen MR) is 69.3 cm³/mol. The zero-order valence-corrected chi connectivity index (χ0v) is 11.0. The first kappa shape index (κ1) is 13.7. The summed E-state index contributed by atoms with van der Waals surface area (Å²) in [5.74, 6) is 1.06. The number of carbonyl (C=O) groups excluding carboxylic acids is 1. The highest BCUT2D eigenvalue weighted by Gasteiger charge is 2.13. The van der Waals surface area contributed by atoms with Crippen molar-refractivity contribution in [3.05, 3.63) is 28.8 Å². The highest BCUT2D eigenvalue weighted by molar-refractivity contribution is 5.75. The van der Waals surface area contributed by atoms with Crippen molar-refractivity contribution in [2.75, 3.05) is 7.11 Å². The molecule has 2 N–H and O–H groups in total. The van der Waals surface area contributed by atoms with Crippen LogP contribution < -0.4 is 10.5 Å². The van der Waals surface area contributed by atoms with Crippen molar-refractivity contribution in [3.63, 3.8) is 0 Å². The second-order valence-corrected chi connectivity index (χ2v) is 4.45. The minimum absolute atomic E-state index is 0.0801. The summed E-state index contributed by atoms with van der Waals surface area (Å²) in [5.41, 5.74) is 9.48. The maximum atomic E-state index is 11.0. The molecule has 3 nitrogen and oxygen atoms in total. The third-order valence-corrected chi connectivity index (χ3v) is 3.21. The van der Waals surface area contributed by atoms with Gasteiger partial charge in [0.25, 0.3) is 0 Å². The summed E-state index contributed by atoms with van der Waals surface area (Å²) in [6, 6.07) is 3.85. The first-order valence-corrected chi connectivity index (χ1v) is 5.86. The van der Waals surface area contributed by atoms with E-state index >= 15 is 0 Å². The molecule has 0 aromatic heterocycles. The summed E-state index contributed by atoms with van der Waals surface area (Å²) in [5, 5.41) is 0. The second kappa shape index (κ2) is 5.82. The molecule has 1 unspecified atom stereocenters. The van der Waals surface area contributed by atoms with Crippen LogP contribution in [0.2, 0.25) is 0 Å². The molecule has 1 aromatic carbocycles. The van der Waals surface area contributed by atoms with Crippen molar-refractivity contribution in [2.45, 2.75) is 39.7 Å². The molecule has 0 aliphatic carbocycles. The molecule has 1 rings (SSSR count). The molecule has 1 atom stereocenters. The molecule has 0 fully saturated rings. The van der Waals surface area contributed by atoms with Gasteiger partial charge in [-0.15, -0.1) is 0 Å². The average Bonchev–Trinajstić information content (AvgIpc) is 2.29. The number of Topliss-reactive ketones (excluding diaryl/α,β-unsaturated/α-hetero) is 1. The van der Waals surface area contributed by atoms with Gasteiger partial charge in [-0.2, -0.15) is 0 Å². The molecule has 17 heavy (non-hydrogen) atoms. The van der Waals surface area contributed by atoms with E-state index in [0.717, 1.165) is 22.4 Å². The highest BCUT2D eigenvalue weighted by Crippen LogP contribution is 2.28. The summed E-state index contributed by atoms with van der Waals surface area (Å²) in [6.07, 6.45) is 1.23. The van der Waals surface area contributed by atoms with Crippen LogP contribution in [0.15, 0.2) is 12.1 Å². The standard InChI is InChI=1S/C14H21NO2/c1-9(16)5-7-13(15)12-6-8-14(17-4)11(3)10(12)2/h6,8,13H,5,7,15H2,1-4H3. The fourth-order valence-electron chi connectivity index (χ4n) is 1.95. The summed E-state index contributed by atoms with van der Waals surface area (Å²) in [6.45, 7) is 5.66. The van der Waals surface area contributed by atoms with Crippen molar-refractivity contribution < 1.29 is 9.53 Å². The van der Waals surface area contributed by atoms with Gasteiger partial charge in [-0.1, -0.05) is 6.07 Å². The van der Waals surface area contributed by atoms with E-state index in [1.165, 1.54) is 0 Å². The zero-order valence-electron chi connectivity index (χ0n) is 11.0. The predicted octanol–water partition coefficient (Wildman–Crippen LogP) is 2.68. The summed E-state index contributed by atoms with van der Waals surface area (Å²) < 4.78 is 5.26. The number of hydrogen-bond donors (Lipinski definition) is 1. The highest BCUT2D eigenvalue weighted by atomic mass is 16.5. The number of methoxy groups -OCH3 is 1. The van der Waals surface area contributed by atoms with Gasteiger partial charge in [0.05, 0.1) is 7.11 Å². The van der Waals surface area contributed by atoms with E-state index in [1.54, 1.807) is 14.0 Å². The molecule has 0 bridgehead atoms. The van der Waals surface area contributed by atoms with E-state index in [4.69, 9.17) is 10.5 Å². The van der Waals surface area contributed by atoms with Crippen LogP contribution in [0.3, 0.4) is 0 Å². The number of nitrogens with two attached hydrogens (primary N) is 1. The lowest BCUT2D eigenvalue weighted by Crippen LogP contribution is -2.13. The summed E-state index contributed by atoms with van der Waals surface area (Å²) in [7, 11) is 1.66. The lowest BCUT2D eigenvalue weighted by Gasteiger charge is -2.17. The van der Waals surface area contributed by atoms with E-state index in [1.807, 2.05) is 26.0 Å². The van der Waals surface area contributed by atoms with E-state index in [9.17, 15) is 4.79 Å².